The Morgan fingerprint density at radius 3 is 2.79 bits per heavy atom. The van der Waals surface area contributed by atoms with Crippen LogP contribution in [0.15, 0.2) is 73.3 Å². The SMILES string of the molecule is O=C(NCc1ccc(F)c(F)c1)c1cccnc1NCc1ccc(-c2ccn3ncnc3c2)s1. The summed E-state index contributed by atoms with van der Waals surface area (Å²) in [4.78, 5) is 23.4. The van der Waals surface area contributed by atoms with Crippen LogP contribution in [0.4, 0.5) is 14.6 Å². The van der Waals surface area contributed by atoms with Crippen LogP contribution in [0.1, 0.15) is 20.8 Å². The maximum absolute atomic E-state index is 13.4. The highest BCUT2D eigenvalue weighted by Gasteiger charge is 2.13. The molecule has 0 aliphatic rings. The number of thiophene rings is 1. The normalized spacial score (nSPS) is 11.0. The summed E-state index contributed by atoms with van der Waals surface area (Å²) < 4.78 is 28.2. The Hall–Kier alpha value is -4.18. The van der Waals surface area contributed by atoms with Gasteiger partial charge in [-0.1, -0.05) is 6.07 Å². The van der Waals surface area contributed by atoms with Gasteiger partial charge >= 0.3 is 0 Å². The number of rotatable bonds is 7. The Morgan fingerprint density at radius 1 is 1.00 bits per heavy atom. The van der Waals surface area contributed by atoms with Crippen LogP contribution in [0.5, 0.6) is 0 Å². The third kappa shape index (κ3) is 4.62. The minimum absolute atomic E-state index is 0.0645. The molecule has 0 aliphatic heterocycles. The summed E-state index contributed by atoms with van der Waals surface area (Å²) in [5.74, 6) is -1.81. The Morgan fingerprint density at radius 2 is 1.91 bits per heavy atom. The lowest BCUT2D eigenvalue weighted by atomic mass is 10.2. The van der Waals surface area contributed by atoms with E-state index in [1.807, 2.05) is 30.5 Å². The fourth-order valence-electron chi connectivity index (χ4n) is 3.42. The van der Waals surface area contributed by atoms with E-state index >= 15 is 0 Å². The van der Waals surface area contributed by atoms with Crippen LogP contribution in [0, 0.1) is 11.6 Å². The Balaban J connectivity index is 1.25. The molecule has 0 saturated heterocycles. The average molecular weight is 477 g/mol. The van der Waals surface area contributed by atoms with Crippen molar-refractivity contribution in [1.29, 1.82) is 0 Å². The van der Waals surface area contributed by atoms with Crippen LogP contribution in [0.3, 0.4) is 0 Å². The number of nitrogens with one attached hydrogen (secondary N) is 2. The number of pyridine rings is 2. The van der Waals surface area contributed by atoms with Gasteiger partial charge in [-0.25, -0.2) is 23.3 Å². The molecular formula is C24H18F2N6OS. The smallest absolute Gasteiger partial charge is 0.255 e. The molecule has 170 valence electrons. The highest BCUT2D eigenvalue weighted by Crippen LogP contribution is 2.29. The largest absolute Gasteiger partial charge is 0.365 e. The number of nitrogens with zero attached hydrogens (tertiary/aromatic N) is 4. The van der Waals surface area contributed by atoms with E-state index in [0.29, 0.717) is 23.5 Å². The lowest BCUT2D eigenvalue weighted by Crippen LogP contribution is -2.24. The third-order valence-corrected chi connectivity index (χ3v) is 6.28. The molecule has 0 fully saturated rings. The van der Waals surface area contributed by atoms with E-state index in [2.05, 4.69) is 25.7 Å². The lowest BCUT2D eigenvalue weighted by Gasteiger charge is -2.11. The number of halogens is 2. The van der Waals surface area contributed by atoms with E-state index in [1.54, 1.807) is 34.2 Å². The van der Waals surface area contributed by atoms with E-state index in [1.165, 1.54) is 12.4 Å². The van der Waals surface area contributed by atoms with Gasteiger partial charge in [0.2, 0.25) is 0 Å². The predicted molar refractivity (Wildman–Crippen MR) is 125 cm³/mol. The number of anilines is 1. The summed E-state index contributed by atoms with van der Waals surface area (Å²) in [5.41, 5.74) is 2.64. The molecule has 7 nitrogen and oxygen atoms in total. The van der Waals surface area contributed by atoms with Crippen molar-refractivity contribution in [3.05, 3.63) is 101 Å². The number of carbonyl (C=O) groups excluding carboxylic acids is 1. The molecule has 0 radical (unpaired) electrons. The Labute approximate surface area is 197 Å². The first kappa shape index (κ1) is 21.7. The van der Waals surface area contributed by atoms with E-state index in [9.17, 15) is 13.6 Å². The zero-order valence-electron chi connectivity index (χ0n) is 17.7. The summed E-state index contributed by atoms with van der Waals surface area (Å²) in [6, 6.07) is 14.9. The van der Waals surface area contributed by atoms with Crippen molar-refractivity contribution in [3.63, 3.8) is 0 Å². The summed E-state index contributed by atoms with van der Waals surface area (Å²) in [5, 5.41) is 10.0. The average Bonchev–Trinajstić information content (AvgIpc) is 3.52. The van der Waals surface area contributed by atoms with Crippen LogP contribution >= 0.6 is 11.3 Å². The van der Waals surface area contributed by atoms with Crippen molar-refractivity contribution in [1.82, 2.24) is 24.9 Å². The molecule has 0 atom stereocenters. The number of amides is 1. The standard InChI is InChI=1S/C24H18F2N6OS/c25-19-5-3-15(10-20(19)26)12-29-24(33)18-2-1-8-27-23(18)28-13-17-4-6-21(34-17)16-7-9-32-22(11-16)30-14-31-32/h1-11,14H,12-13H2,(H,27,28)(H,29,33). The van der Waals surface area contributed by atoms with Crippen molar-refractivity contribution >= 4 is 28.7 Å². The van der Waals surface area contributed by atoms with Crippen LogP contribution in [-0.4, -0.2) is 25.5 Å². The molecule has 4 aromatic heterocycles. The molecule has 5 rings (SSSR count). The first-order chi connectivity index (χ1) is 16.6. The second-order valence-electron chi connectivity index (χ2n) is 7.43. The molecule has 4 heterocycles. The summed E-state index contributed by atoms with van der Waals surface area (Å²) in [7, 11) is 0. The number of hydrogen-bond donors (Lipinski definition) is 2. The van der Waals surface area contributed by atoms with Gasteiger partial charge in [-0.15, -0.1) is 11.3 Å². The number of aromatic nitrogens is 4. The number of hydrogen-bond acceptors (Lipinski definition) is 6. The highest BCUT2D eigenvalue weighted by molar-refractivity contribution is 7.15. The molecule has 2 N–H and O–H groups in total. The fraction of sp³-hybridized carbons (Fsp3) is 0.0833. The van der Waals surface area contributed by atoms with Crippen LogP contribution in [0.25, 0.3) is 16.1 Å². The van der Waals surface area contributed by atoms with E-state index in [-0.39, 0.29) is 12.5 Å². The topological polar surface area (TPSA) is 84.2 Å². The van der Waals surface area contributed by atoms with E-state index in [0.717, 1.165) is 33.1 Å². The number of benzene rings is 1. The zero-order chi connectivity index (χ0) is 23.5. The maximum Gasteiger partial charge on any atom is 0.255 e. The van der Waals surface area contributed by atoms with Gasteiger partial charge < -0.3 is 10.6 Å². The van der Waals surface area contributed by atoms with E-state index < -0.39 is 11.6 Å². The molecular weight excluding hydrogens is 458 g/mol. The van der Waals surface area contributed by atoms with E-state index in [4.69, 9.17) is 0 Å². The van der Waals surface area contributed by atoms with Crippen LogP contribution in [0.2, 0.25) is 0 Å². The zero-order valence-corrected chi connectivity index (χ0v) is 18.5. The van der Waals surface area contributed by atoms with Gasteiger partial charge in [0, 0.05) is 28.7 Å². The van der Waals surface area contributed by atoms with Crippen molar-refractivity contribution < 1.29 is 13.6 Å². The number of carbonyl (C=O) groups is 1. The summed E-state index contributed by atoms with van der Waals surface area (Å²) in [6.45, 7) is 0.549. The van der Waals surface area contributed by atoms with Crippen molar-refractivity contribution in [2.45, 2.75) is 13.1 Å². The molecule has 10 heteroatoms. The van der Waals surface area contributed by atoms with Gasteiger partial charge in [0.1, 0.15) is 12.1 Å². The molecule has 0 aliphatic carbocycles. The maximum atomic E-state index is 13.4. The highest BCUT2D eigenvalue weighted by atomic mass is 32.1. The molecule has 0 unspecified atom stereocenters. The van der Waals surface area contributed by atoms with Crippen molar-refractivity contribution in [3.8, 4) is 10.4 Å². The third-order valence-electron chi connectivity index (χ3n) is 5.15. The molecule has 34 heavy (non-hydrogen) atoms. The van der Waals surface area contributed by atoms with Gasteiger partial charge in [-0.2, -0.15) is 5.10 Å². The molecule has 0 bridgehead atoms. The van der Waals surface area contributed by atoms with Crippen LogP contribution in [-0.2, 0) is 13.1 Å². The lowest BCUT2D eigenvalue weighted by molar-refractivity contribution is 0.0951. The van der Waals surface area contributed by atoms with Gasteiger partial charge in [-0.05, 0) is 59.7 Å². The van der Waals surface area contributed by atoms with Gasteiger partial charge in [-0.3, -0.25) is 4.79 Å². The quantitative estimate of drug-likeness (QED) is 0.357. The summed E-state index contributed by atoms with van der Waals surface area (Å²) in [6.07, 6.45) is 4.98. The molecule has 5 aromatic rings. The van der Waals surface area contributed by atoms with Gasteiger partial charge in [0.15, 0.2) is 17.3 Å². The molecule has 0 spiro atoms. The van der Waals surface area contributed by atoms with Gasteiger partial charge in [0.25, 0.3) is 5.91 Å². The predicted octanol–water partition coefficient (Wildman–Crippen LogP) is 4.67. The molecule has 1 aromatic carbocycles. The first-order valence-corrected chi connectivity index (χ1v) is 11.2. The van der Waals surface area contributed by atoms with Crippen molar-refractivity contribution in [2.75, 3.05) is 5.32 Å². The second-order valence-corrected chi connectivity index (χ2v) is 8.60. The Bertz CT molecular complexity index is 1480. The minimum atomic E-state index is -0.952. The fourth-order valence-corrected chi connectivity index (χ4v) is 4.37. The number of fused-ring (bicyclic) bond motifs is 1. The Kier molecular flexibility index (Phi) is 5.96. The summed E-state index contributed by atoms with van der Waals surface area (Å²) >= 11 is 1.63. The van der Waals surface area contributed by atoms with Gasteiger partial charge in [0.05, 0.1) is 12.1 Å². The second kappa shape index (κ2) is 9.36. The first-order valence-electron chi connectivity index (χ1n) is 10.4. The van der Waals surface area contributed by atoms with Crippen molar-refractivity contribution in [2.24, 2.45) is 0 Å². The monoisotopic (exact) mass is 476 g/mol. The molecule has 1 amide bonds. The molecule has 0 saturated carbocycles. The minimum Gasteiger partial charge on any atom is -0.365 e. The van der Waals surface area contributed by atoms with Crippen LogP contribution < -0.4 is 10.6 Å².